The summed E-state index contributed by atoms with van der Waals surface area (Å²) in [5, 5.41) is 4.24. The maximum absolute atomic E-state index is 14.6. The number of hydrogen-bond donors (Lipinski definition) is 0. The van der Waals surface area contributed by atoms with Crippen molar-refractivity contribution >= 4 is 15.9 Å². The Morgan fingerprint density at radius 3 is 1.67 bits per heavy atom. The lowest BCUT2D eigenvalue weighted by molar-refractivity contribution is -0.730. The fraction of sp³-hybridized carbons (Fsp3) is 0.259. The van der Waals surface area contributed by atoms with Crippen LogP contribution in [0.1, 0.15) is 29.4 Å². The van der Waals surface area contributed by atoms with Crippen LogP contribution < -0.4 is 9.27 Å². The molecule has 1 atom stereocenters. The molecule has 0 radical (unpaired) electrons. The first kappa shape index (κ1) is 32.9. The van der Waals surface area contributed by atoms with Crippen molar-refractivity contribution in [3.8, 4) is 5.69 Å². The van der Waals surface area contributed by atoms with Crippen molar-refractivity contribution in [3.05, 3.63) is 113 Å². The molecular weight excluding hydrogens is 592 g/mol. The van der Waals surface area contributed by atoms with E-state index in [1.165, 1.54) is 6.33 Å². The van der Waals surface area contributed by atoms with Crippen LogP contribution in [0.3, 0.4) is 0 Å². The van der Waals surface area contributed by atoms with Crippen LogP contribution in [-0.4, -0.2) is 25.6 Å². The molecule has 15 heteroatoms. The van der Waals surface area contributed by atoms with Gasteiger partial charge in [-0.2, -0.15) is 8.78 Å². The van der Waals surface area contributed by atoms with E-state index in [2.05, 4.69) is 24.7 Å². The molecule has 0 amide bonds. The minimum atomic E-state index is -3.67. The highest BCUT2D eigenvalue weighted by Crippen LogP contribution is 2.46. The topological polar surface area (TPSA) is 30.9 Å². The zero-order valence-corrected chi connectivity index (χ0v) is 23.6. The molecule has 0 spiro atoms. The van der Waals surface area contributed by atoms with Gasteiger partial charge >= 0.3 is 7.54 Å². The highest BCUT2D eigenvalue weighted by atomic mass is 28.4. The Morgan fingerprint density at radius 1 is 0.810 bits per heavy atom. The Balaban J connectivity index is 0.000000911. The standard InChI is InChI=1S/C27H25F5N3OSi.BF3.FH/c1-37(2,3)36-27(17-10-6-4-7-11-17,18-12-8-5-9-13-18)19-14-15-20-33-35(16-34(19)20)26-24(31)22(29)21(28)23(30)25(26)32;2-1(3)4;/h4-13,16,19H,14-15H2,1-3H3;;1H/q+1;;/p-1/t19-;;/m0../s1. The van der Waals surface area contributed by atoms with Crippen LogP contribution in [0.5, 0.6) is 0 Å². The van der Waals surface area contributed by atoms with Gasteiger partial charge in [-0.25, -0.2) is 17.7 Å². The van der Waals surface area contributed by atoms with Gasteiger partial charge in [-0.3, -0.25) is 12.9 Å². The fourth-order valence-electron chi connectivity index (χ4n) is 5.12. The highest BCUT2D eigenvalue weighted by molar-refractivity contribution is 6.69. The Morgan fingerprint density at radius 2 is 1.24 bits per heavy atom. The van der Waals surface area contributed by atoms with Gasteiger partial charge in [0.2, 0.25) is 41.1 Å². The molecular formula is C27H25BF9N3OSi. The van der Waals surface area contributed by atoms with E-state index in [4.69, 9.17) is 4.43 Å². The summed E-state index contributed by atoms with van der Waals surface area (Å²) in [5.74, 6) is -9.67. The predicted octanol–water partition coefficient (Wildman–Crippen LogP) is 4.02. The molecule has 0 fully saturated rings. The fourth-order valence-corrected chi connectivity index (χ4v) is 6.46. The molecule has 1 aliphatic heterocycles. The number of nitrogens with zero attached hydrogens (tertiary/aromatic N) is 3. The Hall–Kier alpha value is -3.59. The molecule has 4 nitrogen and oxygen atoms in total. The molecule has 224 valence electrons. The Bertz CT molecular complexity index is 1450. The first-order chi connectivity index (χ1) is 19.3. The maximum atomic E-state index is 14.6. The van der Waals surface area contributed by atoms with Crippen LogP contribution in [0.2, 0.25) is 19.6 Å². The number of hydrogen-bond acceptors (Lipinski definition) is 2. The van der Waals surface area contributed by atoms with E-state index in [1.807, 2.05) is 60.7 Å². The predicted molar refractivity (Wildman–Crippen MR) is 138 cm³/mol. The van der Waals surface area contributed by atoms with Gasteiger partial charge in [0.05, 0.1) is 0 Å². The third-order valence-electron chi connectivity index (χ3n) is 6.49. The van der Waals surface area contributed by atoms with Crippen LogP contribution >= 0.6 is 0 Å². The first-order valence-corrected chi connectivity index (χ1v) is 15.9. The normalized spacial score (nSPS) is 14.5. The summed E-state index contributed by atoms with van der Waals surface area (Å²) in [6, 6.07) is 19.0. The molecule has 1 aromatic heterocycles. The van der Waals surface area contributed by atoms with Gasteiger partial charge in [-0.15, -0.1) is 0 Å². The molecule has 0 saturated carbocycles. The largest absolute Gasteiger partial charge is 1.00 e. The van der Waals surface area contributed by atoms with E-state index in [1.54, 1.807) is 4.57 Å². The minimum Gasteiger partial charge on any atom is -1.00 e. The number of benzene rings is 3. The number of aryl methyl sites for hydroxylation is 1. The van der Waals surface area contributed by atoms with Crippen LogP contribution in [0, 0.1) is 29.1 Å². The van der Waals surface area contributed by atoms with Gasteiger partial charge in [0, 0.05) is 11.5 Å². The summed E-state index contributed by atoms with van der Waals surface area (Å²) in [6.07, 6.45) is 2.30. The lowest BCUT2D eigenvalue weighted by atomic mass is 9.79. The maximum Gasteiger partial charge on any atom is 0.762 e. The van der Waals surface area contributed by atoms with Gasteiger partial charge in [-0.05, 0) is 37.2 Å². The number of fused-ring (bicyclic) bond motifs is 1. The molecule has 5 rings (SSSR count). The van der Waals surface area contributed by atoms with Crippen molar-refractivity contribution < 1.29 is 48.6 Å². The van der Waals surface area contributed by atoms with Gasteiger partial charge in [-0.1, -0.05) is 65.3 Å². The third kappa shape index (κ3) is 6.26. The van der Waals surface area contributed by atoms with Crippen molar-refractivity contribution in [1.82, 2.24) is 9.78 Å². The number of rotatable bonds is 6. The summed E-state index contributed by atoms with van der Waals surface area (Å²) < 4.78 is 109. The van der Waals surface area contributed by atoms with Crippen LogP contribution in [0.15, 0.2) is 67.0 Å². The minimum absolute atomic E-state index is 0. The van der Waals surface area contributed by atoms with Crippen molar-refractivity contribution in [1.29, 1.82) is 0 Å². The highest BCUT2D eigenvalue weighted by Gasteiger charge is 2.52. The van der Waals surface area contributed by atoms with Crippen molar-refractivity contribution in [2.45, 2.75) is 44.1 Å². The van der Waals surface area contributed by atoms with Gasteiger partial charge in [0.25, 0.3) is 5.82 Å². The lowest BCUT2D eigenvalue weighted by Gasteiger charge is -2.43. The summed E-state index contributed by atoms with van der Waals surface area (Å²) >= 11 is 0. The smallest absolute Gasteiger partial charge is 0.762 e. The van der Waals surface area contributed by atoms with Crippen LogP contribution in [-0.2, 0) is 16.4 Å². The third-order valence-corrected chi connectivity index (χ3v) is 7.42. The summed E-state index contributed by atoms with van der Waals surface area (Å²) in [5.41, 5.74) is -0.336. The van der Waals surface area contributed by atoms with E-state index in [9.17, 15) is 34.9 Å². The lowest BCUT2D eigenvalue weighted by Crippen LogP contribution is -3.00. The average Bonchev–Trinajstić information content (AvgIpc) is 3.51. The summed E-state index contributed by atoms with van der Waals surface area (Å²) in [6.45, 7) is 6.23. The Kier molecular flexibility index (Phi) is 9.98. The second-order valence-corrected chi connectivity index (χ2v) is 14.7. The summed E-state index contributed by atoms with van der Waals surface area (Å²) in [7, 11) is -5.91. The van der Waals surface area contributed by atoms with Gasteiger partial charge < -0.3 is 9.13 Å². The number of aromatic nitrogens is 3. The van der Waals surface area contributed by atoms with Crippen LogP contribution in [0.25, 0.3) is 5.69 Å². The monoisotopic (exact) mass is 617 g/mol. The van der Waals surface area contributed by atoms with Crippen molar-refractivity contribution in [2.24, 2.45) is 0 Å². The molecule has 0 N–H and O–H groups in total. The van der Waals surface area contributed by atoms with Crippen molar-refractivity contribution in [3.63, 3.8) is 0 Å². The molecule has 1 aliphatic rings. The molecule has 0 bridgehead atoms. The van der Waals surface area contributed by atoms with E-state index in [0.717, 1.165) is 15.8 Å². The van der Waals surface area contributed by atoms with E-state index in [0.29, 0.717) is 18.7 Å². The molecule has 0 unspecified atom stereocenters. The molecule has 4 aromatic rings. The second kappa shape index (κ2) is 12.7. The molecule has 3 aromatic carbocycles. The van der Waals surface area contributed by atoms with E-state index < -0.39 is 62.3 Å². The molecule has 42 heavy (non-hydrogen) atoms. The van der Waals surface area contributed by atoms with Gasteiger partial charge in [0.15, 0.2) is 8.32 Å². The average molecular weight is 617 g/mol. The van der Waals surface area contributed by atoms with E-state index >= 15 is 0 Å². The van der Waals surface area contributed by atoms with E-state index in [-0.39, 0.29) is 4.70 Å². The zero-order chi connectivity index (χ0) is 30.1. The molecule has 2 heterocycles. The first-order valence-electron chi connectivity index (χ1n) is 12.5. The summed E-state index contributed by atoms with van der Waals surface area (Å²) in [4.78, 5) is 0. The van der Waals surface area contributed by atoms with Crippen molar-refractivity contribution in [2.75, 3.05) is 0 Å². The second-order valence-electron chi connectivity index (χ2n) is 10.3. The number of halogens is 9. The zero-order valence-electron chi connectivity index (χ0n) is 22.6. The van der Waals surface area contributed by atoms with Gasteiger partial charge in [0.1, 0.15) is 11.6 Å². The quantitative estimate of drug-likeness (QED) is 0.108. The van der Waals surface area contributed by atoms with Crippen LogP contribution in [0.4, 0.5) is 34.9 Å². The molecule has 0 saturated heterocycles. The Labute approximate surface area is 237 Å². The molecule has 0 aliphatic carbocycles. The SMILES string of the molecule is C[Si](C)(C)OC(c1ccccc1)(c1ccccc1)[C@@H]1CCc2nn(-c3c(F)c(F)c(F)c(F)c3F)c[n+]21.FB(F)F.[F-].